The van der Waals surface area contributed by atoms with Gasteiger partial charge in [-0.05, 0) is 12.8 Å². The second-order valence-electron chi connectivity index (χ2n) is 3.07. The lowest BCUT2D eigenvalue weighted by molar-refractivity contribution is 0.445. The highest BCUT2D eigenvalue weighted by Gasteiger charge is 2.02. The molecular formula is C9H18ClN. The minimum absolute atomic E-state index is 0.579. The van der Waals surface area contributed by atoms with Crippen LogP contribution in [0, 0.1) is 5.92 Å². The van der Waals surface area contributed by atoms with Crippen LogP contribution in [0.2, 0.25) is 0 Å². The largest absolute Gasteiger partial charge is 0.311 e. The van der Waals surface area contributed by atoms with Gasteiger partial charge in [-0.1, -0.05) is 26.0 Å². The molecule has 2 heteroatoms. The van der Waals surface area contributed by atoms with Crippen LogP contribution in [-0.2, 0) is 0 Å². The fraction of sp³-hybridized carbons (Fsp3) is 0.778. The summed E-state index contributed by atoms with van der Waals surface area (Å²) >= 11 is 5.46. The van der Waals surface area contributed by atoms with Crippen LogP contribution in [-0.4, -0.2) is 18.5 Å². The van der Waals surface area contributed by atoms with Gasteiger partial charge in [0.25, 0.3) is 0 Å². The maximum atomic E-state index is 5.46. The molecule has 0 rings (SSSR count). The van der Waals surface area contributed by atoms with Gasteiger partial charge >= 0.3 is 0 Å². The third kappa shape index (κ3) is 6.39. The lowest BCUT2D eigenvalue weighted by Gasteiger charge is -2.15. The van der Waals surface area contributed by atoms with E-state index in [2.05, 4.69) is 32.2 Å². The summed E-state index contributed by atoms with van der Waals surface area (Å²) in [6.45, 7) is 7.54. The first-order valence-electron chi connectivity index (χ1n) is 4.12. The molecule has 0 heterocycles. The molecule has 1 N–H and O–H groups in total. The Morgan fingerprint density at radius 2 is 1.91 bits per heavy atom. The van der Waals surface area contributed by atoms with Crippen molar-refractivity contribution in [3.63, 3.8) is 0 Å². The van der Waals surface area contributed by atoms with E-state index < -0.39 is 0 Å². The molecule has 1 atom stereocenters. The molecule has 0 saturated carbocycles. The SMILES string of the molecule is CC(C)C(C)NC/C=C/CCl. The molecule has 0 saturated heterocycles. The summed E-state index contributed by atoms with van der Waals surface area (Å²) in [5.41, 5.74) is 0. The highest BCUT2D eigenvalue weighted by atomic mass is 35.5. The van der Waals surface area contributed by atoms with Gasteiger partial charge in [-0.2, -0.15) is 0 Å². The van der Waals surface area contributed by atoms with Crippen molar-refractivity contribution in [3.05, 3.63) is 12.2 Å². The van der Waals surface area contributed by atoms with Crippen LogP contribution in [0.15, 0.2) is 12.2 Å². The first-order valence-corrected chi connectivity index (χ1v) is 4.66. The van der Waals surface area contributed by atoms with Crippen LogP contribution < -0.4 is 5.32 Å². The lowest BCUT2D eigenvalue weighted by Crippen LogP contribution is -2.30. The van der Waals surface area contributed by atoms with Crippen LogP contribution in [0.4, 0.5) is 0 Å². The van der Waals surface area contributed by atoms with Gasteiger partial charge in [-0.15, -0.1) is 11.6 Å². The van der Waals surface area contributed by atoms with Gasteiger partial charge < -0.3 is 5.32 Å². The molecule has 0 aliphatic heterocycles. The number of hydrogen-bond acceptors (Lipinski definition) is 1. The van der Waals surface area contributed by atoms with Crippen molar-refractivity contribution < 1.29 is 0 Å². The Labute approximate surface area is 74.8 Å². The fourth-order valence-corrected chi connectivity index (χ4v) is 0.762. The predicted molar refractivity (Wildman–Crippen MR) is 52.2 cm³/mol. The average molecular weight is 176 g/mol. The van der Waals surface area contributed by atoms with E-state index in [0.717, 1.165) is 6.54 Å². The van der Waals surface area contributed by atoms with E-state index in [1.807, 2.05) is 6.08 Å². The molecule has 0 bridgehead atoms. The quantitative estimate of drug-likeness (QED) is 0.500. The number of hydrogen-bond donors (Lipinski definition) is 1. The number of alkyl halides is 1. The third-order valence-electron chi connectivity index (χ3n) is 1.81. The second kappa shape index (κ2) is 6.68. The Bertz CT molecular complexity index is 110. The summed E-state index contributed by atoms with van der Waals surface area (Å²) < 4.78 is 0. The van der Waals surface area contributed by atoms with Crippen molar-refractivity contribution in [2.24, 2.45) is 5.92 Å². The summed E-state index contributed by atoms with van der Waals surface area (Å²) in [5.74, 6) is 1.30. The summed E-state index contributed by atoms with van der Waals surface area (Å²) in [6.07, 6.45) is 4.02. The lowest BCUT2D eigenvalue weighted by atomic mass is 10.1. The Morgan fingerprint density at radius 3 is 2.36 bits per heavy atom. The van der Waals surface area contributed by atoms with Gasteiger partial charge in [-0.25, -0.2) is 0 Å². The Balaban J connectivity index is 3.31. The molecule has 0 spiro atoms. The molecule has 66 valence electrons. The van der Waals surface area contributed by atoms with Gasteiger partial charge in [0.2, 0.25) is 0 Å². The van der Waals surface area contributed by atoms with Gasteiger partial charge in [0.05, 0.1) is 0 Å². The van der Waals surface area contributed by atoms with Gasteiger partial charge in [-0.3, -0.25) is 0 Å². The zero-order chi connectivity index (χ0) is 8.69. The molecule has 0 aromatic carbocycles. The van der Waals surface area contributed by atoms with E-state index in [-0.39, 0.29) is 0 Å². The molecule has 0 aromatic rings. The zero-order valence-corrected chi connectivity index (χ0v) is 8.36. The predicted octanol–water partition coefficient (Wildman–Crippen LogP) is 2.42. The average Bonchev–Trinajstić information content (AvgIpc) is 1.97. The molecule has 0 aliphatic carbocycles. The van der Waals surface area contributed by atoms with E-state index >= 15 is 0 Å². The van der Waals surface area contributed by atoms with Crippen LogP contribution in [0.25, 0.3) is 0 Å². The van der Waals surface area contributed by atoms with Crippen molar-refractivity contribution in [1.82, 2.24) is 5.32 Å². The first-order chi connectivity index (χ1) is 5.18. The monoisotopic (exact) mass is 175 g/mol. The summed E-state index contributed by atoms with van der Waals surface area (Å²) in [6, 6.07) is 0.579. The van der Waals surface area contributed by atoms with Gasteiger partial charge in [0.15, 0.2) is 0 Å². The van der Waals surface area contributed by atoms with E-state index in [9.17, 15) is 0 Å². The van der Waals surface area contributed by atoms with E-state index in [1.165, 1.54) is 0 Å². The first kappa shape index (κ1) is 11.0. The summed E-state index contributed by atoms with van der Waals surface area (Å²) in [5, 5.41) is 3.37. The molecule has 0 fully saturated rings. The number of allylic oxidation sites excluding steroid dienone is 1. The Hall–Kier alpha value is -0.0100. The molecule has 1 nitrogen and oxygen atoms in total. The van der Waals surface area contributed by atoms with Crippen molar-refractivity contribution in [2.75, 3.05) is 12.4 Å². The van der Waals surface area contributed by atoms with E-state index in [0.29, 0.717) is 17.8 Å². The van der Waals surface area contributed by atoms with Crippen LogP contribution in [0.3, 0.4) is 0 Å². The molecule has 0 radical (unpaired) electrons. The molecular weight excluding hydrogens is 158 g/mol. The standard InChI is InChI=1S/C9H18ClN/c1-8(2)9(3)11-7-5-4-6-10/h4-5,8-9,11H,6-7H2,1-3H3/b5-4+. The molecule has 1 unspecified atom stereocenters. The summed E-state index contributed by atoms with van der Waals surface area (Å²) in [4.78, 5) is 0. The minimum atomic E-state index is 0.579. The number of rotatable bonds is 5. The topological polar surface area (TPSA) is 12.0 Å². The van der Waals surface area contributed by atoms with Crippen LogP contribution in [0.5, 0.6) is 0 Å². The molecule has 0 amide bonds. The molecule has 0 aromatic heterocycles. The van der Waals surface area contributed by atoms with Crippen molar-refractivity contribution in [2.45, 2.75) is 26.8 Å². The Morgan fingerprint density at radius 1 is 1.27 bits per heavy atom. The highest BCUT2D eigenvalue weighted by Crippen LogP contribution is 1.98. The van der Waals surface area contributed by atoms with E-state index in [4.69, 9.17) is 11.6 Å². The number of halogens is 1. The Kier molecular flexibility index (Phi) is 6.68. The van der Waals surface area contributed by atoms with Crippen LogP contribution in [0.1, 0.15) is 20.8 Å². The van der Waals surface area contributed by atoms with Crippen molar-refractivity contribution >= 4 is 11.6 Å². The normalized spacial score (nSPS) is 14.6. The smallest absolute Gasteiger partial charge is 0.0404 e. The van der Waals surface area contributed by atoms with Gasteiger partial charge in [0.1, 0.15) is 0 Å². The van der Waals surface area contributed by atoms with Gasteiger partial charge in [0, 0.05) is 18.5 Å². The number of nitrogens with one attached hydrogen (secondary N) is 1. The van der Waals surface area contributed by atoms with Crippen LogP contribution >= 0.6 is 11.6 Å². The minimum Gasteiger partial charge on any atom is -0.311 e. The molecule has 11 heavy (non-hydrogen) atoms. The summed E-state index contributed by atoms with van der Waals surface area (Å²) in [7, 11) is 0. The second-order valence-corrected chi connectivity index (χ2v) is 3.38. The van der Waals surface area contributed by atoms with Crippen molar-refractivity contribution in [3.8, 4) is 0 Å². The maximum absolute atomic E-state index is 5.46. The zero-order valence-electron chi connectivity index (χ0n) is 7.60. The fourth-order valence-electron chi connectivity index (χ4n) is 0.636. The van der Waals surface area contributed by atoms with Crippen molar-refractivity contribution in [1.29, 1.82) is 0 Å². The third-order valence-corrected chi connectivity index (χ3v) is 1.99. The van der Waals surface area contributed by atoms with E-state index in [1.54, 1.807) is 0 Å². The maximum Gasteiger partial charge on any atom is 0.0404 e. The molecule has 0 aliphatic rings. The highest BCUT2D eigenvalue weighted by molar-refractivity contribution is 6.18.